The van der Waals surface area contributed by atoms with Crippen LogP contribution in [0.5, 0.6) is 0 Å². The minimum atomic E-state index is -0.261. The molecule has 0 spiro atoms. The van der Waals surface area contributed by atoms with Crippen molar-refractivity contribution < 1.29 is 4.79 Å². The van der Waals surface area contributed by atoms with Gasteiger partial charge in [0.05, 0.1) is 10.7 Å². The van der Waals surface area contributed by atoms with E-state index in [1.54, 1.807) is 12.1 Å². The Hall–Kier alpha value is -0.550. The van der Waals surface area contributed by atoms with E-state index in [1.165, 1.54) is 6.08 Å². The SMILES string of the molecule is C=CC(=O)Nc1ccc(I)cc1Cl. The van der Waals surface area contributed by atoms with Gasteiger partial charge < -0.3 is 5.32 Å². The number of carbonyl (C=O) groups excluding carboxylic acids is 1. The standard InChI is InChI=1S/C9H7ClINO/c1-2-9(13)12-8-4-3-6(11)5-7(8)10/h2-5H,1H2,(H,12,13). The van der Waals surface area contributed by atoms with E-state index >= 15 is 0 Å². The highest BCUT2D eigenvalue weighted by molar-refractivity contribution is 14.1. The molecular weight excluding hydrogens is 300 g/mol. The summed E-state index contributed by atoms with van der Waals surface area (Å²) in [5.41, 5.74) is 0.604. The highest BCUT2D eigenvalue weighted by Gasteiger charge is 2.02. The summed E-state index contributed by atoms with van der Waals surface area (Å²) in [7, 11) is 0. The number of rotatable bonds is 2. The van der Waals surface area contributed by atoms with Crippen LogP contribution in [0, 0.1) is 3.57 Å². The van der Waals surface area contributed by atoms with Crippen LogP contribution >= 0.6 is 34.2 Å². The summed E-state index contributed by atoms with van der Waals surface area (Å²) in [4.78, 5) is 10.9. The van der Waals surface area contributed by atoms with E-state index in [9.17, 15) is 4.79 Å². The van der Waals surface area contributed by atoms with Crippen LogP contribution in [0.2, 0.25) is 5.02 Å². The molecule has 0 aliphatic rings. The van der Waals surface area contributed by atoms with E-state index in [0.717, 1.165) is 3.57 Å². The summed E-state index contributed by atoms with van der Waals surface area (Å²) in [6.45, 7) is 3.35. The first-order valence-corrected chi connectivity index (χ1v) is 4.97. The van der Waals surface area contributed by atoms with Crippen LogP contribution in [-0.4, -0.2) is 5.91 Å². The van der Waals surface area contributed by atoms with Crippen molar-refractivity contribution in [2.24, 2.45) is 0 Å². The van der Waals surface area contributed by atoms with Gasteiger partial charge in [-0.2, -0.15) is 0 Å². The number of benzene rings is 1. The van der Waals surface area contributed by atoms with E-state index in [2.05, 4.69) is 34.5 Å². The van der Waals surface area contributed by atoms with Gasteiger partial charge in [0.25, 0.3) is 0 Å². The van der Waals surface area contributed by atoms with Crippen LogP contribution < -0.4 is 5.32 Å². The molecule has 0 saturated heterocycles. The Kier molecular flexibility index (Phi) is 3.74. The largest absolute Gasteiger partial charge is 0.321 e. The van der Waals surface area contributed by atoms with Gasteiger partial charge in [0.2, 0.25) is 5.91 Å². The van der Waals surface area contributed by atoms with E-state index in [0.29, 0.717) is 10.7 Å². The number of hydrogen-bond acceptors (Lipinski definition) is 1. The second-order valence-electron chi connectivity index (χ2n) is 2.32. The van der Waals surface area contributed by atoms with Crippen LogP contribution in [0.4, 0.5) is 5.69 Å². The molecule has 4 heteroatoms. The fourth-order valence-corrected chi connectivity index (χ4v) is 1.68. The molecule has 0 heterocycles. The zero-order chi connectivity index (χ0) is 9.84. The molecule has 0 radical (unpaired) electrons. The molecule has 0 atom stereocenters. The summed E-state index contributed by atoms with van der Waals surface area (Å²) in [5.74, 6) is -0.261. The van der Waals surface area contributed by atoms with Crippen LogP contribution in [0.3, 0.4) is 0 Å². The molecule has 1 N–H and O–H groups in total. The van der Waals surface area contributed by atoms with Crippen LogP contribution in [0.25, 0.3) is 0 Å². The van der Waals surface area contributed by atoms with E-state index in [1.807, 2.05) is 6.07 Å². The Bertz CT molecular complexity index is 351. The zero-order valence-electron chi connectivity index (χ0n) is 6.68. The summed E-state index contributed by atoms with van der Waals surface area (Å²) in [6, 6.07) is 5.40. The van der Waals surface area contributed by atoms with Crippen LogP contribution in [-0.2, 0) is 4.79 Å². The second-order valence-corrected chi connectivity index (χ2v) is 3.97. The van der Waals surface area contributed by atoms with Crippen molar-refractivity contribution in [1.82, 2.24) is 0 Å². The van der Waals surface area contributed by atoms with Crippen molar-refractivity contribution in [2.45, 2.75) is 0 Å². The quantitative estimate of drug-likeness (QED) is 0.660. The summed E-state index contributed by atoms with van der Waals surface area (Å²) < 4.78 is 1.03. The molecule has 1 aromatic carbocycles. The third-order valence-corrected chi connectivity index (χ3v) is 2.36. The van der Waals surface area contributed by atoms with Gasteiger partial charge in [0.15, 0.2) is 0 Å². The van der Waals surface area contributed by atoms with Crippen LogP contribution in [0.15, 0.2) is 30.9 Å². The zero-order valence-corrected chi connectivity index (χ0v) is 9.59. The lowest BCUT2D eigenvalue weighted by Crippen LogP contribution is -2.07. The normalized spacial score (nSPS) is 9.38. The van der Waals surface area contributed by atoms with Gasteiger partial charge in [-0.15, -0.1) is 0 Å². The summed E-state index contributed by atoms with van der Waals surface area (Å²) in [5, 5.41) is 3.12. The average molecular weight is 308 g/mol. The molecular formula is C9H7ClINO. The average Bonchev–Trinajstić information content (AvgIpc) is 2.09. The number of anilines is 1. The van der Waals surface area contributed by atoms with Gasteiger partial charge in [0.1, 0.15) is 0 Å². The first-order valence-electron chi connectivity index (χ1n) is 3.52. The Morgan fingerprint density at radius 2 is 2.31 bits per heavy atom. The number of amides is 1. The molecule has 0 saturated carbocycles. The van der Waals surface area contributed by atoms with Crippen molar-refractivity contribution in [3.8, 4) is 0 Å². The van der Waals surface area contributed by atoms with Crippen molar-refractivity contribution in [2.75, 3.05) is 5.32 Å². The second kappa shape index (κ2) is 4.62. The molecule has 0 aliphatic carbocycles. The monoisotopic (exact) mass is 307 g/mol. The van der Waals surface area contributed by atoms with E-state index < -0.39 is 0 Å². The first-order chi connectivity index (χ1) is 6.13. The molecule has 0 fully saturated rings. The Labute approximate surface area is 95.1 Å². The van der Waals surface area contributed by atoms with Crippen molar-refractivity contribution in [1.29, 1.82) is 0 Å². The molecule has 1 aromatic rings. The fraction of sp³-hybridized carbons (Fsp3) is 0. The van der Waals surface area contributed by atoms with Gasteiger partial charge in [-0.3, -0.25) is 4.79 Å². The van der Waals surface area contributed by atoms with Crippen LogP contribution in [0.1, 0.15) is 0 Å². The number of carbonyl (C=O) groups is 1. The minimum Gasteiger partial charge on any atom is -0.321 e. The molecule has 13 heavy (non-hydrogen) atoms. The van der Waals surface area contributed by atoms with Crippen molar-refractivity contribution in [3.05, 3.63) is 39.4 Å². The maximum atomic E-state index is 10.9. The highest BCUT2D eigenvalue weighted by Crippen LogP contribution is 2.23. The Morgan fingerprint density at radius 3 is 2.85 bits per heavy atom. The van der Waals surface area contributed by atoms with Gasteiger partial charge in [-0.25, -0.2) is 0 Å². The van der Waals surface area contributed by atoms with Gasteiger partial charge in [-0.05, 0) is 46.9 Å². The van der Waals surface area contributed by atoms with E-state index in [-0.39, 0.29) is 5.91 Å². The minimum absolute atomic E-state index is 0.261. The molecule has 1 rings (SSSR count). The highest BCUT2D eigenvalue weighted by atomic mass is 127. The Balaban J connectivity index is 2.89. The molecule has 2 nitrogen and oxygen atoms in total. The summed E-state index contributed by atoms with van der Waals surface area (Å²) >= 11 is 8.02. The predicted molar refractivity (Wildman–Crippen MR) is 63.0 cm³/mol. The molecule has 68 valence electrons. The lowest BCUT2D eigenvalue weighted by Gasteiger charge is -2.04. The fourth-order valence-electron chi connectivity index (χ4n) is 0.775. The van der Waals surface area contributed by atoms with Gasteiger partial charge >= 0.3 is 0 Å². The van der Waals surface area contributed by atoms with E-state index in [4.69, 9.17) is 11.6 Å². The summed E-state index contributed by atoms with van der Waals surface area (Å²) in [6.07, 6.45) is 1.20. The maximum Gasteiger partial charge on any atom is 0.247 e. The first kappa shape index (κ1) is 10.5. The molecule has 0 bridgehead atoms. The molecule has 1 amide bonds. The smallest absolute Gasteiger partial charge is 0.247 e. The molecule has 0 unspecified atom stereocenters. The lowest BCUT2D eigenvalue weighted by atomic mass is 10.3. The molecule has 0 aliphatic heterocycles. The van der Waals surface area contributed by atoms with Gasteiger partial charge in [-0.1, -0.05) is 18.2 Å². The third kappa shape index (κ3) is 3.00. The number of halogens is 2. The molecule has 0 aromatic heterocycles. The lowest BCUT2D eigenvalue weighted by molar-refractivity contribution is -0.111. The van der Waals surface area contributed by atoms with Crippen molar-refractivity contribution in [3.63, 3.8) is 0 Å². The maximum absolute atomic E-state index is 10.9. The van der Waals surface area contributed by atoms with Crippen molar-refractivity contribution >= 4 is 45.8 Å². The number of nitrogens with one attached hydrogen (secondary N) is 1. The predicted octanol–water partition coefficient (Wildman–Crippen LogP) is 3.07. The number of hydrogen-bond donors (Lipinski definition) is 1. The Morgan fingerprint density at radius 1 is 1.62 bits per heavy atom. The van der Waals surface area contributed by atoms with Gasteiger partial charge in [0, 0.05) is 3.57 Å². The topological polar surface area (TPSA) is 29.1 Å². The third-order valence-electron chi connectivity index (χ3n) is 1.37.